The van der Waals surface area contributed by atoms with Crippen LogP contribution in [0, 0.1) is 0 Å². The van der Waals surface area contributed by atoms with Crippen LogP contribution in [0.15, 0.2) is 53.0 Å². The number of aromatic nitrogens is 2. The number of anilines is 1. The average Bonchev–Trinajstić information content (AvgIpc) is 3.24. The molecule has 2 N–H and O–H groups in total. The number of rotatable bonds is 5. The van der Waals surface area contributed by atoms with E-state index in [-0.39, 0.29) is 11.9 Å². The molecule has 0 spiro atoms. The molecule has 2 aromatic carbocycles. The van der Waals surface area contributed by atoms with Gasteiger partial charge in [-0.1, -0.05) is 18.2 Å². The SMILES string of the molecule is CC(C)NC(=O)c1cccc(-c2cc(-c3ccc(N4CCN(C)CC4)c(Br)c3)[nH]n2)c1. The van der Waals surface area contributed by atoms with Crippen molar-refractivity contribution in [1.82, 2.24) is 20.4 Å². The van der Waals surface area contributed by atoms with E-state index in [1.807, 2.05) is 44.2 Å². The smallest absolute Gasteiger partial charge is 0.251 e. The quantitative estimate of drug-likeness (QED) is 0.566. The minimum absolute atomic E-state index is 0.0731. The second-order valence-corrected chi connectivity index (χ2v) is 9.19. The summed E-state index contributed by atoms with van der Waals surface area (Å²) in [4.78, 5) is 17.1. The molecule has 1 aromatic heterocycles. The van der Waals surface area contributed by atoms with Crippen molar-refractivity contribution in [1.29, 1.82) is 0 Å². The van der Waals surface area contributed by atoms with Gasteiger partial charge in [0.25, 0.3) is 5.91 Å². The summed E-state index contributed by atoms with van der Waals surface area (Å²) in [6.45, 7) is 8.12. The molecule has 0 radical (unpaired) electrons. The van der Waals surface area contributed by atoms with Crippen LogP contribution in [-0.2, 0) is 0 Å². The molecule has 0 atom stereocenters. The number of nitrogens with zero attached hydrogens (tertiary/aromatic N) is 3. The second-order valence-electron chi connectivity index (χ2n) is 8.33. The molecule has 4 rings (SSSR count). The van der Waals surface area contributed by atoms with Crippen LogP contribution >= 0.6 is 15.9 Å². The lowest BCUT2D eigenvalue weighted by Crippen LogP contribution is -2.44. The molecule has 1 aliphatic rings. The summed E-state index contributed by atoms with van der Waals surface area (Å²) < 4.78 is 1.08. The van der Waals surface area contributed by atoms with Crippen molar-refractivity contribution in [2.45, 2.75) is 19.9 Å². The van der Waals surface area contributed by atoms with Crippen molar-refractivity contribution in [3.8, 4) is 22.5 Å². The number of piperazine rings is 1. The fourth-order valence-electron chi connectivity index (χ4n) is 3.76. The van der Waals surface area contributed by atoms with E-state index in [9.17, 15) is 4.79 Å². The highest BCUT2D eigenvalue weighted by atomic mass is 79.9. The largest absolute Gasteiger partial charge is 0.368 e. The molecule has 162 valence electrons. The van der Waals surface area contributed by atoms with Crippen LogP contribution in [0.2, 0.25) is 0 Å². The predicted molar refractivity (Wildman–Crippen MR) is 129 cm³/mol. The first-order valence-corrected chi connectivity index (χ1v) is 11.4. The van der Waals surface area contributed by atoms with E-state index in [1.165, 1.54) is 5.69 Å². The van der Waals surface area contributed by atoms with E-state index in [0.29, 0.717) is 5.56 Å². The Bertz CT molecular complexity index is 1070. The first-order chi connectivity index (χ1) is 14.9. The lowest BCUT2D eigenvalue weighted by Gasteiger charge is -2.34. The first-order valence-electron chi connectivity index (χ1n) is 10.6. The Balaban J connectivity index is 1.54. The number of H-pyrrole nitrogens is 1. The number of hydrogen-bond acceptors (Lipinski definition) is 4. The van der Waals surface area contributed by atoms with E-state index in [1.54, 1.807) is 0 Å². The van der Waals surface area contributed by atoms with Crippen LogP contribution in [0.4, 0.5) is 5.69 Å². The van der Waals surface area contributed by atoms with Gasteiger partial charge in [0.2, 0.25) is 0 Å². The van der Waals surface area contributed by atoms with Crippen LogP contribution in [0.5, 0.6) is 0 Å². The van der Waals surface area contributed by atoms with Gasteiger partial charge in [-0.05, 0) is 67.2 Å². The van der Waals surface area contributed by atoms with Gasteiger partial charge >= 0.3 is 0 Å². The summed E-state index contributed by atoms with van der Waals surface area (Å²) in [5, 5.41) is 10.6. The molecular formula is C24H28BrN5O. The average molecular weight is 482 g/mol. The third-order valence-electron chi connectivity index (χ3n) is 5.52. The molecule has 1 amide bonds. The highest BCUT2D eigenvalue weighted by Crippen LogP contribution is 2.32. The van der Waals surface area contributed by atoms with E-state index in [2.05, 4.69) is 66.5 Å². The number of aromatic amines is 1. The Kier molecular flexibility index (Phi) is 6.43. The van der Waals surface area contributed by atoms with E-state index in [0.717, 1.165) is 53.2 Å². The third-order valence-corrected chi connectivity index (χ3v) is 6.16. The van der Waals surface area contributed by atoms with Crippen molar-refractivity contribution in [2.24, 2.45) is 0 Å². The topological polar surface area (TPSA) is 64.3 Å². The van der Waals surface area contributed by atoms with Gasteiger partial charge in [-0.2, -0.15) is 5.10 Å². The molecule has 31 heavy (non-hydrogen) atoms. The van der Waals surface area contributed by atoms with Gasteiger partial charge in [-0.25, -0.2) is 0 Å². The molecule has 2 heterocycles. The summed E-state index contributed by atoms with van der Waals surface area (Å²) in [6, 6.07) is 16.1. The number of amides is 1. The zero-order valence-electron chi connectivity index (χ0n) is 18.2. The minimum Gasteiger partial charge on any atom is -0.368 e. The fraction of sp³-hybridized carbons (Fsp3) is 0.333. The van der Waals surface area contributed by atoms with Gasteiger partial charge in [0.05, 0.1) is 17.1 Å². The summed E-state index contributed by atoms with van der Waals surface area (Å²) in [7, 11) is 2.16. The lowest BCUT2D eigenvalue weighted by molar-refractivity contribution is 0.0943. The number of halogens is 1. The van der Waals surface area contributed by atoms with E-state index < -0.39 is 0 Å². The minimum atomic E-state index is -0.0731. The molecule has 0 saturated carbocycles. The Labute approximate surface area is 191 Å². The lowest BCUT2D eigenvalue weighted by atomic mass is 10.1. The number of benzene rings is 2. The van der Waals surface area contributed by atoms with E-state index >= 15 is 0 Å². The zero-order chi connectivity index (χ0) is 22.0. The summed E-state index contributed by atoms with van der Waals surface area (Å²) >= 11 is 3.76. The molecule has 1 saturated heterocycles. The first kappa shape index (κ1) is 21.6. The summed E-state index contributed by atoms with van der Waals surface area (Å²) in [5.41, 5.74) is 5.59. The van der Waals surface area contributed by atoms with Crippen molar-refractivity contribution in [3.05, 3.63) is 58.6 Å². The number of carbonyl (C=O) groups is 1. The van der Waals surface area contributed by atoms with Crippen LogP contribution in [0.3, 0.4) is 0 Å². The predicted octanol–water partition coefficient (Wildman–Crippen LogP) is 4.40. The normalized spacial score (nSPS) is 14.8. The third kappa shape index (κ3) is 4.99. The maximum atomic E-state index is 12.3. The molecule has 1 aliphatic heterocycles. The highest BCUT2D eigenvalue weighted by Gasteiger charge is 2.17. The van der Waals surface area contributed by atoms with Gasteiger partial charge in [-0.15, -0.1) is 0 Å². The molecule has 1 fully saturated rings. The van der Waals surface area contributed by atoms with Gasteiger partial charge in [-0.3, -0.25) is 9.89 Å². The number of nitrogens with one attached hydrogen (secondary N) is 2. The maximum absolute atomic E-state index is 12.3. The molecule has 0 bridgehead atoms. The number of carbonyl (C=O) groups excluding carboxylic acids is 1. The Morgan fingerprint density at radius 3 is 2.55 bits per heavy atom. The van der Waals surface area contributed by atoms with Gasteiger partial charge in [0.15, 0.2) is 0 Å². The Hall–Kier alpha value is -2.64. The molecule has 7 heteroatoms. The maximum Gasteiger partial charge on any atom is 0.251 e. The fourth-order valence-corrected chi connectivity index (χ4v) is 4.39. The number of likely N-dealkylation sites (N-methyl/N-ethyl adjacent to an activating group) is 1. The molecular weight excluding hydrogens is 454 g/mol. The van der Waals surface area contributed by atoms with Crippen LogP contribution in [-0.4, -0.2) is 60.3 Å². The van der Waals surface area contributed by atoms with Crippen molar-refractivity contribution in [3.63, 3.8) is 0 Å². The van der Waals surface area contributed by atoms with Crippen LogP contribution < -0.4 is 10.2 Å². The van der Waals surface area contributed by atoms with Gasteiger partial charge in [0.1, 0.15) is 0 Å². The standard InChI is InChI=1S/C24H28BrN5O/c1-16(2)26-24(31)19-6-4-5-17(13-19)21-15-22(28-27-21)18-7-8-23(20(25)14-18)30-11-9-29(3)10-12-30/h4-8,13-16H,9-12H2,1-3H3,(H,26,31)(H,27,28). The molecule has 3 aromatic rings. The molecule has 0 aliphatic carbocycles. The van der Waals surface area contributed by atoms with Crippen LogP contribution in [0.25, 0.3) is 22.5 Å². The molecule has 6 nitrogen and oxygen atoms in total. The second kappa shape index (κ2) is 9.24. The highest BCUT2D eigenvalue weighted by molar-refractivity contribution is 9.10. The van der Waals surface area contributed by atoms with Crippen molar-refractivity contribution < 1.29 is 4.79 Å². The zero-order valence-corrected chi connectivity index (χ0v) is 19.7. The Morgan fingerprint density at radius 2 is 1.84 bits per heavy atom. The van der Waals surface area contributed by atoms with Gasteiger partial charge < -0.3 is 15.1 Å². The van der Waals surface area contributed by atoms with Crippen molar-refractivity contribution >= 4 is 27.5 Å². The van der Waals surface area contributed by atoms with Crippen molar-refractivity contribution in [2.75, 3.05) is 38.1 Å². The van der Waals surface area contributed by atoms with E-state index in [4.69, 9.17) is 0 Å². The monoisotopic (exact) mass is 481 g/mol. The number of hydrogen-bond donors (Lipinski definition) is 2. The molecule has 0 unspecified atom stereocenters. The summed E-state index contributed by atoms with van der Waals surface area (Å²) in [6.07, 6.45) is 0. The summed E-state index contributed by atoms with van der Waals surface area (Å²) in [5.74, 6) is -0.0731. The Morgan fingerprint density at radius 1 is 1.06 bits per heavy atom. The van der Waals surface area contributed by atoms with Crippen LogP contribution in [0.1, 0.15) is 24.2 Å². The van der Waals surface area contributed by atoms with Gasteiger partial charge in [0, 0.05) is 53.4 Å².